The minimum atomic E-state index is -0.234. The Morgan fingerprint density at radius 2 is 1.67 bits per heavy atom. The number of anilines is 1. The van der Waals surface area contributed by atoms with Crippen molar-refractivity contribution in [1.82, 2.24) is 5.32 Å². The number of fused-ring (bicyclic) bond motifs is 1. The molecular formula is C25H24N2O3. The van der Waals surface area contributed by atoms with Crippen LogP contribution in [-0.2, 0) is 17.8 Å². The number of hydrogen-bond donors (Lipinski definition) is 1. The van der Waals surface area contributed by atoms with Gasteiger partial charge in [0.15, 0.2) is 6.61 Å². The van der Waals surface area contributed by atoms with Crippen LogP contribution in [0.3, 0.4) is 0 Å². The van der Waals surface area contributed by atoms with Crippen LogP contribution in [0.4, 0.5) is 5.69 Å². The van der Waals surface area contributed by atoms with Gasteiger partial charge in [-0.2, -0.15) is 0 Å². The Morgan fingerprint density at radius 1 is 0.967 bits per heavy atom. The molecule has 1 atom stereocenters. The van der Waals surface area contributed by atoms with E-state index in [1.807, 2.05) is 61.5 Å². The van der Waals surface area contributed by atoms with Crippen LogP contribution >= 0.6 is 0 Å². The first kappa shape index (κ1) is 19.7. The van der Waals surface area contributed by atoms with Crippen LogP contribution in [0.15, 0.2) is 78.9 Å². The average Bonchev–Trinajstić information content (AvgIpc) is 3.12. The monoisotopic (exact) mass is 400 g/mol. The molecule has 0 spiro atoms. The molecule has 2 amide bonds. The number of nitrogens with zero attached hydrogens (tertiary/aromatic N) is 1. The summed E-state index contributed by atoms with van der Waals surface area (Å²) in [6, 6.07) is 24.7. The summed E-state index contributed by atoms with van der Waals surface area (Å²) in [6.45, 7) is 2.33. The van der Waals surface area contributed by atoms with Gasteiger partial charge in [-0.15, -0.1) is 0 Å². The van der Waals surface area contributed by atoms with Crippen molar-refractivity contribution in [2.75, 3.05) is 11.5 Å². The predicted molar refractivity (Wildman–Crippen MR) is 117 cm³/mol. The summed E-state index contributed by atoms with van der Waals surface area (Å²) >= 11 is 0. The van der Waals surface area contributed by atoms with Crippen LogP contribution in [0.1, 0.15) is 28.4 Å². The molecule has 30 heavy (non-hydrogen) atoms. The third-order valence-corrected chi connectivity index (χ3v) is 5.25. The van der Waals surface area contributed by atoms with Gasteiger partial charge in [-0.25, -0.2) is 0 Å². The first-order valence-electron chi connectivity index (χ1n) is 10.1. The number of amides is 2. The van der Waals surface area contributed by atoms with Crippen molar-refractivity contribution in [3.63, 3.8) is 0 Å². The van der Waals surface area contributed by atoms with Gasteiger partial charge in [0.25, 0.3) is 11.8 Å². The zero-order valence-corrected chi connectivity index (χ0v) is 16.9. The van der Waals surface area contributed by atoms with Crippen molar-refractivity contribution in [3.05, 3.63) is 95.6 Å². The first-order chi connectivity index (χ1) is 14.6. The highest BCUT2D eigenvalue weighted by Crippen LogP contribution is 2.32. The summed E-state index contributed by atoms with van der Waals surface area (Å²) in [5.41, 5.74) is 3.53. The van der Waals surface area contributed by atoms with Gasteiger partial charge in [0.2, 0.25) is 0 Å². The zero-order valence-electron chi connectivity index (χ0n) is 16.9. The second-order valence-corrected chi connectivity index (χ2v) is 7.40. The molecule has 5 heteroatoms. The maximum Gasteiger partial charge on any atom is 0.265 e. The van der Waals surface area contributed by atoms with E-state index in [0.717, 1.165) is 17.7 Å². The van der Waals surface area contributed by atoms with Crippen LogP contribution in [0.5, 0.6) is 5.75 Å². The lowest BCUT2D eigenvalue weighted by Crippen LogP contribution is -2.39. The maximum atomic E-state index is 12.9. The number of carbonyl (C=O) groups is 2. The molecule has 0 radical (unpaired) electrons. The quantitative estimate of drug-likeness (QED) is 0.681. The second-order valence-electron chi connectivity index (χ2n) is 7.40. The van der Waals surface area contributed by atoms with Crippen molar-refractivity contribution >= 4 is 17.5 Å². The summed E-state index contributed by atoms with van der Waals surface area (Å²) in [7, 11) is 0. The lowest BCUT2D eigenvalue weighted by atomic mass is 10.1. The summed E-state index contributed by atoms with van der Waals surface area (Å²) < 4.78 is 5.80. The van der Waals surface area contributed by atoms with E-state index >= 15 is 0 Å². The van der Waals surface area contributed by atoms with E-state index in [9.17, 15) is 9.59 Å². The maximum absolute atomic E-state index is 12.9. The van der Waals surface area contributed by atoms with Crippen molar-refractivity contribution in [1.29, 1.82) is 0 Å². The molecule has 0 fully saturated rings. The second kappa shape index (κ2) is 8.82. The largest absolute Gasteiger partial charge is 0.483 e. The third kappa shape index (κ3) is 4.20. The fourth-order valence-electron chi connectivity index (χ4n) is 3.81. The van der Waals surface area contributed by atoms with Gasteiger partial charge in [-0.1, -0.05) is 60.7 Å². The van der Waals surface area contributed by atoms with Crippen molar-refractivity contribution < 1.29 is 14.3 Å². The molecule has 1 heterocycles. The van der Waals surface area contributed by atoms with E-state index in [1.165, 1.54) is 5.56 Å². The van der Waals surface area contributed by atoms with E-state index < -0.39 is 0 Å². The molecule has 1 N–H and O–H groups in total. The number of carbonyl (C=O) groups excluding carboxylic acids is 2. The molecule has 0 aromatic heterocycles. The Morgan fingerprint density at radius 3 is 2.50 bits per heavy atom. The minimum Gasteiger partial charge on any atom is -0.483 e. The fraction of sp³-hybridized carbons (Fsp3) is 0.200. The molecule has 3 aromatic rings. The fourth-order valence-corrected chi connectivity index (χ4v) is 3.81. The highest BCUT2D eigenvalue weighted by Gasteiger charge is 2.30. The lowest BCUT2D eigenvalue weighted by Gasteiger charge is -2.23. The highest BCUT2D eigenvalue weighted by molar-refractivity contribution is 5.98. The number of nitrogens with one attached hydrogen (secondary N) is 1. The zero-order chi connectivity index (χ0) is 20.9. The normalized spacial score (nSPS) is 14.8. The molecule has 1 aliphatic rings. The Labute approximate surface area is 176 Å². The summed E-state index contributed by atoms with van der Waals surface area (Å²) in [4.78, 5) is 27.3. The van der Waals surface area contributed by atoms with Crippen LogP contribution in [0, 0.1) is 0 Å². The summed E-state index contributed by atoms with van der Waals surface area (Å²) in [5, 5.41) is 2.90. The summed E-state index contributed by atoms with van der Waals surface area (Å²) in [6.07, 6.45) is 0.834. The molecule has 0 saturated carbocycles. The van der Waals surface area contributed by atoms with Gasteiger partial charge >= 0.3 is 0 Å². The van der Waals surface area contributed by atoms with Crippen molar-refractivity contribution in [2.45, 2.75) is 25.9 Å². The number of ether oxygens (including phenoxy) is 1. The first-order valence-corrected chi connectivity index (χ1v) is 10.1. The van der Waals surface area contributed by atoms with E-state index in [1.54, 1.807) is 29.2 Å². The molecule has 5 nitrogen and oxygen atoms in total. The molecule has 0 saturated heterocycles. The van der Waals surface area contributed by atoms with Crippen LogP contribution < -0.4 is 15.0 Å². The highest BCUT2D eigenvalue weighted by atomic mass is 16.5. The Kier molecular flexibility index (Phi) is 5.80. The van der Waals surface area contributed by atoms with Gasteiger partial charge in [0.1, 0.15) is 5.75 Å². The Balaban J connectivity index is 1.42. The average molecular weight is 400 g/mol. The number of benzene rings is 3. The number of hydrogen-bond acceptors (Lipinski definition) is 3. The van der Waals surface area contributed by atoms with Crippen LogP contribution in [-0.4, -0.2) is 24.5 Å². The van der Waals surface area contributed by atoms with Crippen LogP contribution in [0.25, 0.3) is 0 Å². The molecule has 1 aliphatic heterocycles. The molecule has 4 rings (SSSR count). The van der Waals surface area contributed by atoms with E-state index in [4.69, 9.17) is 4.74 Å². The van der Waals surface area contributed by atoms with E-state index in [-0.39, 0.29) is 24.5 Å². The molecule has 3 aromatic carbocycles. The molecule has 152 valence electrons. The van der Waals surface area contributed by atoms with Gasteiger partial charge in [0.05, 0.1) is 5.56 Å². The predicted octanol–water partition coefficient (Wildman–Crippen LogP) is 3.97. The van der Waals surface area contributed by atoms with Gasteiger partial charge in [0, 0.05) is 18.3 Å². The summed E-state index contributed by atoms with van der Waals surface area (Å²) in [5.74, 6) is 0.0466. The van der Waals surface area contributed by atoms with Gasteiger partial charge in [-0.05, 0) is 42.7 Å². The Bertz CT molecular complexity index is 1050. The number of para-hydroxylation sites is 2. The Hall–Kier alpha value is -3.60. The van der Waals surface area contributed by atoms with Crippen LogP contribution in [0.2, 0.25) is 0 Å². The van der Waals surface area contributed by atoms with Gasteiger partial charge < -0.3 is 15.0 Å². The van der Waals surface area contributed by atoms with E-state index in [0.29, 0.717) is 17.9 Å². The topological polar surface area (TPSA) is 58.6 Å². The van der Waals surface area contributed by atoms with Gasteiger partial charge in [-0.3, -0.25) is 9.59 Å². The van der Waals surface area contributed by atoms with E-state index in [2.05, 4.69) is 5.32 Å². The minimum absolute atomic E-state index is 0.0860. The molecular weight excluding hydrogens is 376 g/mol. The lowest BCUT2D eigenvalue weighted by molar-refractivity contribution is -0.120. The smallest absolute Gasteiger partial charge is 0.265 e. The number of rotatable bonds is 6. The SMILES string of the molecule is C[C@H]1Cc2ccccc2N1C(=O)COc1ccccc1C(=O)NCc1ccccc1. The van der Waals surface area contributed by atoms with Crippen molar-refractivity contribution in [3.8, 4) is 5.75 Å². The molecule has 0 bridgehead atoms. The standard InChI is InChI=1S/C25H24N2O3/c1-18-15-20-11-5-7-13-22(20)27(18)24(28)17-30-23-14-8-6-12-21(23)25(29)26-16-19-9-3-2-4-10-19/h2-14,18H,15-17H2,1H3,(H,26,29)/t18-/m0/s1. The van der Waals surface area contributed by atoms with Crippen molar-refractivity contribution in [2.24, 2.45) is 0 Å². The molecule has 0 unspecified atom stereocenters. The third-order valence-electron chi connectivity index (χ3n) is 5.25. The molecule has 0 aliphatic carbocycles.